The number of nitrogens with zero attached hydrogens (tertiary/aromatic N) is 1. The number of carbonyl (C=O) groups excluding carboxylic acids is 1. The molecule has 0 aliphatic carbocycles. The molecule has 1 atom stereocenters. The van der Waals surface area contributed by atoms with Gasteiger partial charge in [-0.2, -0.15) is 0 Å². The molecular weight excluding hydrogens is 312 g/mol. The third-order valence-corrected chi connectivity index (χ3v) is 5.00. The zero-order valence-corrected chi connectivity index (χ0v) is 14.5. The number of rotatable bonds is 3. The minimum atomic E-state index is 0.0126. The van der Waals surface area contributed by atoms with Gasteiger partial charge in [0.15, 0.2) is 0 Å². The number of hydrogen-bond donors (Lipinski definition) is 3. The van der Waals surface area contributed by atoms with Crippen molar-refractivity contribution >= 4 is 11.6 Å². The molecular formula is C20H24N4O. The predicted octanol–water partition coefficient (Wildman–Crippen LogP) is 1.93. The van der Waals surface area contributed by atoms with Gasteiger partial charge in [-0.1, -0.05) is 30.3 Å². The van der Waals surface area contributed by atoms with E-state index in [2.05, 4.69) is 46.0 Å². The summed E-state index contributed by atoms with van der Waals surface area (Å²) in [5.74, 6) is 0.0126. The van der Waals surface area contributed by atoms with Gasteiger partial charge in [0.2, 0.25) is 0 Å². The van der Waals surface area contributed by atoms with Gasteiger partial charge in [-0.15, -0.1) is 0 Å². The van der Waals surface area contributed by atoms with E-state index in [0.717, 1.165) is 42.9 Å². The summed E-state index contributed by atoms with van der Waals surface area (Å²) in [5, 5.41) is 9.98. The third kappa shape index (κ3) is 3.20. The molecule has 0 radical (unpaired) electrons. The van der Waals surface area contributed by atoms with E-state index in [9.17, 15) is 4.79 Å². The maximum Gasteiger partial charge on any atom is 0.252 e. The second kappa shape index (κ2) is 6.76. The molecule has 3 aliphatic heterocycles. The number of piperidine rings is 1. The molecule has 0 saturated carbocycles. The minimum absolute atomic E-state index is 0.0126. The minimum Gasteiger partial charge on any atom is -0.364 e. The summed E-state index contributed by atoms with van der Waals surface area (Å²) in [5.41, 5.74) is 4.11. The van der Waals surface area contributed by atoms with Crippen molar-refractivity contribution in [3.8, 4) is 0 Å². The molecule has 1 aromatic carbocycles. The summed E-state index contributed by atoms with van der Waals surface area (Å²) in [6.45, 7) is 4.02. The molecule has 4 rings (SSSR count). The van der Waals surface area contributed by atoms with E-state index >= 15 is 0 Å². The molecule has 1 fully saturated rings. The van der Waals surface area contributed by atoms with Crippen LogP contribution >= 0.6 is 0 Å². The molecule has 130 valence electrons. The molecule has 1 aromatic rings. The standard InChI is InChI=1S/C20H24N4O/c1-14-19(15-5-3-2-4-6-15)24-13-16(7-8-18(24)22-14)20(25)23-17-9-11-21-12-10-17/h2-8,13,17-18,21-22H,9-12H2,1H3,(H,23,25). The van der Waals surface area contributed by atoms with Gasteiger partial charge in [0.1, 0.15) is 6.17 Å². The van der Waals surface area contributed by atoms with E-state index < -0.39 is 0 Å². The van der Waals surface area contributed by atoms with Crippen LogP contribution in [0.1, 0.15) is 25.3 Å². The van der Waals surface area contributed by atoms with E-state index in [4.69, 9.17) is 0 Å². The molecule has 1 amide bonds. The number of nitrogens with one attached hydrogen (secondary N) is 3. The van der Waals surface area contributed by atoms with Gasteiger partial charge in [0.25, 0.3) is 5.91 Å². The monoisotopic (exact) mass is 336 g/mol. The van der Waals surface area contributed by atoms with E-state index in [1.54, 1.807) is 0 Å². The van der Waals surface area contributed by atoms with Crippen molar-refractivity contribution in [3.05, 3.63) is 65.5 Å². The van der Waals surface area contributed by atoms with Crippen molar-refractivity contribution in [3.63, 3.8) is 0 Å². The van der Waals surface area contributed by atoms with E-state index in [0.29, 0.717) is 5.57 Å². The van der Waals surface area contributed by atoms with Crippen LogP contribution in [-0.2, 0) is 4.79 Å². The van der Waals surface area contributed by atoms with Gasteiger partial charge in [0, 0.05) is 17.9 Å². The number of benzene rings is 1. The second-order valence-corrected chi connectivity index (χ2v) is 6.78. The highest BCUT2D eigenvalue weighted by Gasteiger charge is 2.30. The topological polar surface area (TPSA) is 56.4 Å². The van der Waals surface area contributed by atoms with Crippen molar-refractivity contribution < 1.29 is 4.79 Å². The lowest BCUT2D eigenvalue weighted by molar-refractivity contribution is -0.118. The fraction of sp³-hybridized carbons (Fsp3) is 0.350. The van der Waals surface area contributed by atoms with Crippen LogP contribution in [0.25, 0.3) is 5.70 Å². The number of allylic oxidation sites excluding steroid dienone is 1. The average molecular weight is 336 g/mol. The maximum absolute atomic E-state index is 12.7. The summed E-state index contributed by atoms with van der Waals surface area (Å²) >= 11 is 0. The Bertz CT molecular complexity index is 744. The van der Waals surface area contributed by atoms with Crippen LogP contribution in [0.2, 0.25) is 0 Å². The number of amides is 1. The smallest absolute Gasteiger partial charge is 0.252 e. The summed E-state index contributed by atoms with van der Waals surface area (Å²) in [6, 6.07) is 10.6. The largest absolute Gasteiger partial charge is 0.364 e. The Morgan fingerprint density at radius 3 is 2.72 bits per heavy atom. The van der Waals surface area contributed by atoms with Crippen LogP contribution in [0.4, 0.5) is 0 Å². The Kier molecular flexibility index (Phi) is 4.32. The molecule has 5 nitrogen and oxygen atoms in total. The second-order valence-electron chi connectivity index (χ2n) is 6.78. The Hall–Kier alpha value is -2.53. The predicted molar refractivity (Wildman–Crippen MR) is 99.1 cm³/mol. The lowest BCUT2D eigenvalue weighted by atomic mass is 10.1. The molecule has 0 bridgehead atoms. The van der Waals surface area contributed by atoms with Crippen LogP contribution < -0.4 is 16.0 Å². The van der Waals surface area contributed by atoms with Crippen molar-refractivity contribution in [1.82, 2.24) is 20.9 Å². The van der Waals surface area contributed by atoms with E-state index in [1.165, 1.54) is 0 Å². The summed E-state index contributed by atoms with van der Waals surface area (Å²) in [4.78, 5) is 14.8. The highest BCUT2D eigenvalue weighted by atomic mass is 16.1. The van der Waals surface area contributed by atoms with Crippen molar-refractivity contribution in [2.24, 2.45) is 0 Å². The van der Waals surface area contributed by atoms with Crippen molar-refractivity contribution in [2.45, 2.75) is 32.0 Å². The van der Waals surface area contributed by atoms with Crippen LogP contribution in [0.15, 0.2) is 60.0 Å². The molecule has 3 heterocycles. The molecule has 3 N–H and O–H groups in total. The Morgan fingerprint density at radius 2 is 1.96 bits per heavy atom. The zero-order valence-electron chi connectivity index (χ0n) is 14.5. The highest BCUT2D eigenvalue weighted by Crippen LogP contribution is 2.32. The Morgan fingerprint density at radius 1 is 1.20 bits per heavy atom. The van der Waals surface area contributed by atoms with Gasteiger partial charge in [-0.3, -0.25) is 4.79 Å². The molecule has 0 spiro atoms. The lowest BCUT2D eigenvalue weighted by Gasteiger charge is -2.28. The SMILES string of the molecule is CC1=C(c2ccccc2)N2C=C(C(=O)NC3CCNCC3)C=CC2N1. The fourth-order valence-corrected chi connectivity index (χ4v) is 3.70. The molecule has 1 saturated heterocycles. The first-order valence-electron chi connectivity index (χ1n) is 8.95. The quantitative estimate of drug-likeness (QED) is 0.789. The maximum atomic E-state index is 12.7. The Labute approximate surface area is 148 Å². The van der Waals surface area contributed by atoms with Crippen LogP contribution in [0, 0.1) is 0 Å². The van der Waals surface area contributed by atoms with Crippen LogP contribution in [0.3, 0.4) is 0 Å². The third-order valence-electron chi connectivity index (χ3n) is 5.00. The van der Waals surface area contributed by atoms with E-state index in [1.807, 2.05) is 30.5 Å². The van der Waals surface area contributed by atoms with Crippen molar-refractivity contribution in [2.75, 3.05) is 13.1 Å². The van der Waals surface area contributed by atoms with Crippen LogP contribution in [-0.4, -0.2) is 36.1 Å². The molecule has 5 heteroatoms. The van der Waals surface area contributed by atoms with Gasteiger partial charge >= 0.3 is 0 Å². The van der Waals surface area contributed by atoms with E-state index in [-0.39, 0.29) is 18.1 Å². The highest BCUT2D eigenvalue weighted by molar-refractivity contribution is 5.97. The Balaban J connectivity index is 1.55. The molecule has 0 aromatic heterocycles. The lowest BCUT2D eigenvalue weighted by Crippen LogP contribution is -2.44. The fourth-order valence-electron chi connectivity index (χ4n) is 3.70. The summed E-state index contributed by atoms with van der Waals surface area (Å²) in [7, 11) is 0. The molecule has 1 unspecified atom stereocenters. The first-order chi connectivity index (χ1) is 12.2. The summed E-state index contributed by atoms with van der Waals surface area (Å²) < 4.78 is 0. The average Bonchev–Trinajstić information content (AvgIpc) is 2.98. The van der Waals surface area contributed by atoms with Crippen molar-refractivity contribution in [1.29, 1.82) is 0 Å². The number of carbonyl (C=O) groups is 1. The number of fused-ring (bicyclic) bond motifs is 1. The van der Waals surface area contributed by atoms with Gasteiger partial charge < -0.3 is 20.9 Å². The number of hydrogen-bond acceptors (Lipinski definition) is 4. The van der Waals surface area contributed by atoms with Gasteiger partial charge in [0.05, 0.1) is 11.3 Å². The van der Waals surface area contributed by atoms with Gasteiger partial charge in [-0.25, -0.2) is 0 Å². The molecule has 25 heavy (non-hydrogen) atoms. The van der Waals surface area contributed by atoms with Crippen LogP contribution in [0.5, 0.6) is 0 Å². The zero-order chi connectivity index (χ0) is 17.2. The van der Waals surface area contributed by atoms with Gasteiger partial charge in [-0.05, 0) is 50.6 Å². The summed E-state index contributed by atoms with van der Waals surface area (Å²) in [6.07, 6.45) is 8.00. The first kappa shape index (κ1) is 16.0. The normalized spacial score (nSPS) is 23.2. The molecule has 3 aliphatic rings. The first-order valence-corrected chi connectivity index (χ1v) is 8.95.